The molecule has 0 fully saturated rings. The molecule has 0 spiro atoms. The van der Waals surface area contributed by atoms with E-state index < -0.39 is 4.92 Å². The third kappa shape index (κ3) is 4.87. The van der Waals surface area contributed by atoms with Gasteiger partial charge in [-0.1, -0.05) is 11.3 Å². The number of anilines is 1. The number of nitrogens with zero attached hydrogens (tertiary/aromatic N) is 4. The van der Waals surface area contributed by atoms with Crippen molar-refractivity contribution in [1.82, 2.24) is 9.88 Å². The number of benzene rings is 2. The van der Waals surface area contributed by atoms with Gasteiger partial charge in [-0.15, -0.1) is 0 Å². The first kappa shape index (κ1) is 20.7. The van der Waals surface area contributed by atoms with Gasteiger partial charge in [-0.2, -0.15) is 0 Å². The molecule has 9 heteroatoms. The highest BCUT2D eigenvalue weighted by Gasteiger charge is 2.22. The highest BCUT2D eigenvalue weighted by molar-refractivity contribution is 7.22. The maximum Gasteiger partial charge on any atom is 0.269 e. The van der Waals surface area contributed by atoms with Crippen molar-refractivity contribution in [3.8, 4) is 5.75 Å². The molecule has 0 aliphatic rings. The molecule has 0 unspecified atom stereocenters. The molecule has 3 rings (SSSR count). The first-order chi connectivity index (χ1) is 13.9. The lowest BCUT2D eigenvalue weighted by Crippen LogP contribution is -2.33. The van der Waals surface area contributed by atoms with Crippen LogP contribution in [0.2, 0.25) is 0 Å². The number of carbonyl (C=O) groups excluding carboxylic acids is 1. The number of aromatic nitrogens is 1. The normalized spacial score (nSPS) is 11.0. The molecule has 0 atom stereocenters. The monoisotopic (exact) mass is 414 g/mol. The Morgan fingerprint density at radius 3 is 2.52 bits per heavy atom. The van der Waals surface area contributed by atoms with Gasteiger partial charge in [0.15, 0.2) is 5.13 Å². The predicted molar refractivity (Wildman–Crippen MR) is 114 cm³/mol. The molecule has 0 saturated heterocycles. The van der Waals surface area contributed by atoms with Crippen LogP contribution in [0.3, 0.4) is 0 Å². The first-order valence-corrected chi connectivity index (χ1v) is 9.86. The van der Waals surface area contributed by atoms with Crippen LogP contribution >= 0.6 is 11.3 Å². The molecule has 2 aromatic carbocycles. The number of methoxy groups -OCH3 is 1. The van der Waals surface area contributed by atoms with E-state index in [-0.39, 0.29) is 11.6 Å². The lowest BCUT2D eigenvalue weighted by Gasteiger charge is -2.21. The number of rotatable bonds is 8. The smallest absolute Gasteiger partial charge is 0.269 e. The van der Waals surface area contributed by atoms with Crippen LogP contribution in [0.15, 0.2) is 42.5 Å². The number of nitro groups is 1. The molecule has 0 saturated carbocycles. The number of nitro benzene ring substituents is 1. The van der Waals surface area contributed by atoms with Crippen molar-refractivity contribution >= 4 is 38.3 Å². The Hall–Kier alpha value is -3.04. The summed E-state index contributed by atoms with van der Waals surface area (Å²) in [5.41, 5.74) is 1.10. The average Bonchev–Trinajstić information content (AvgIpc) is 3.13. The van der Waals surface area contributed by atoms with E-state index in [9.17, 15) is 14.9 Å². The minimum atomic E-state index is -0.482. The summed E-state index contributed by atoms with van der Waals surface area (Å²) in [6.07, 6.45) is 0.769. The van der Waals surface area contributed by atoms with E-state index in [0.29, 0.717) is 23.0 Å². The second-order valence-electron chi connectivity index (χ2n) is 6.75. The average molecular weight is 414 g/mol. The fourth-order valence-corrected chi connectivity index (χ4v) is 3.82. The van der Waals surface area contributed by atoms with Gasteiger partial charge in [-0.25, -0.2) is 4.98 Å². The highest BCUT2D eigenvalue weighted by Crippen LogP contribution is 2.32. The summed E-state index contributed by atoms with van der Waals surface area (Å²) < 4.78 is 6.21. The molecule has 0 aliphatic carbocycles. The zero-order valence-electron chi connectivity index (χ0n) is 16.5. The van der Waals surface area contributed by atoms with Gasteiger partial charge in [0, 0.05) is 30.3 Å². The molecule has 0 N–H and O–H groups in total. The van der Waals surface area contributed by atoms with Gasteiger partial charge in [0.25, 0.3) is 11.6 Å². The summed E-state index contributed by atoms with van der Waals surface area (Å²) in [6.45, 7) is 1.31. The zero-order valence-corrected chi connectivity index (χ0v) is 17.3. The van der Waals surface area contributed by atoms with Crippen molar-refractivity contribution in [3.63, 3.8) is 0 Å². The van der Waals surface area contributed by atoms with E-state index in [1.54, 1.807) is 12.0 Å². The molecule has 152 valence electrons. The van der Waals surface area contributed by atoms with Crippen molar-refractivity contribution < 1.29 is 14.5 Å². The van der Waals surface area contributed by atoms with E-state index in [4.69, 9.17) is 4.74 Å². The third-order valence-electron chi connectivity index (χ3n) is 4.37. The summed E-state index contributed by atoms with van der Waals surface area (Å²) in [5.74, 6) is 0.472. The molecule has 0 aliphatic heterocycles. The fourth-order valence-electron chi connectivity index (χ4n) is 2.85. The van der Waals surface area contributed by atoms with E-state index in [2.05, 4.69) is 9.88 Å². The molecule has 29 heavy (non-hydrogen) atoms. The Balaban J connectivity index is 1.92. The number of non-ortho nitro benzene ring substituents is 1. The van der Waals surface area contributed by atoms with Gasteiger partial charge in [-0.05, 0) is 51.3 Å². The lowest BCUT2D eigenvalue weighted by molar-refractivity contribution is -0.384. The van der Waals surface area contributed by atoms with Crippen LogP contribution in [0, 0.1) is 10.1 Å². The standard InChI is InChI=1S/C20H22N4O4S/c1-22(2)11-4-12-23(19(25)14-5-7-15(8-6-14)24(26)27)20-21-17-13-16(28-3)9-10-18(17)29-20/h5-10,13H,4,11-12H2,1-3H3. The largest absolute Gasteiger partial charge is 0.497 e. The topological polar surface area (TPSA) is 88.8 Å². The maximum atomic E-state index is 13.2. The van der Waals surface area contributed by atoms with E-state index in [1.165, 1.54) is 35.6 Å². The Kier molecular flexibility index (Phi) is 6.40. The molecule has 3 aromatic rings. The van der Waals surface area contributed by atoms with E-state index in [0.717, 1.165) is 23.2 Å². The summed E-state index contributed by atoms with van der Waals surface area (Å²) in [7, 11) is 5.55. The number of hydrogen-bond acceptors (Lipinski definition) is 7. The minimum absolute atomic E-state index is 0.0483. The highest BCUT2D eigenvalue weighted by atomic mass is 32.1. The second-order valence-corrected chi connectivity index (χ2v) is 7.76. The Morgan fingerprint density at radius 1 is 1.17 bits per heavy atom. The molecular formula is C20H22N4O4S. The summed E-state index contributed by atoms with van der Waals surface area (Å²) in [5, 5.41) is 11.5. The second kappa shape index (κ2) is 8.97. The summed E-state index contributed by atoms with van der Waals surface area (Å²) >= 11 is 1.43. The summed E-state index contributed by atoms with van der Waals surface area (Å²) in [6, 6.07) is 11.3. The quantitative estimate of drug-likeness (QED) is 0.411. The molecule has 0 radical (unpaired) electrons. The van der Waals surface area contributed by atoms with Crippen LogP contribution in [0.4, 0.5) is 10.8 Å². The molecule has 1 heterocycles. The van der Waals surface area contributed by atoms with Gasteiger partial charge in [0.1, 0.15) is 5.75 Å². The first-order valence-electron chi connectivity index (χ1n) is 9.04. The molecular weight excluding hydrogens is 392 g/mol. The van der Waals surface area contributed by atoms with Crippen LogP contribution in [0.5, 0.6) is 5.75 Å². The number of fused-ring (bicyclic) bond motifs is 1. The van der Waals surface area contributed by atoms with Gasteiger partial charge in [0.05, 0.1) is 22.2 Å². The van der Waals surface area contributed by atoms with Gasteiger partial charge < -0.3 is 9.64 Å². The third-order valence-corrected chi connectivity index (χ3v) is 5.43. The van der Waals surface area contributed by atoms with Crippen LogP contribution < -0.4 is 9.64 Å². The van der Waals surface area contributed by atoms with E-state index in [1.807, 2.05) is 32.3 Å². The summed E-state index contributed by atoms with van der Waals surface area (Å²) in [4.78, 5) is 31.9. The van der Waals surface area contributed by atoms with Gasteiger partial charge in [-0.3, -0.25) is 19.8 Å². The minimum Gasteiger partial charge on any atom is -0.497 e. The van der Waals surface area contributed by atoms with Crippen LogP contribution in [0.25, 0.3) is 10.2 Å². The Morgan fingerprint density at radius 2 is 1.90 bits per heavy atom. The maximum absolute atomic E-state index is 13.2. The predicted octanol–water partition coefficient (Wildman–Crippen LogP) is 3.81. The molecule has 1 aromatic heterocycles. The molecule has 1 amide bonds. The zero-order chi connectivity index (χ0) is 21.0. The van der Waals surface area contributed by atoms with Gasteiger partial charge in [0.2, 0.25) is 0 Å². The fraction of sp³-hybridized carbons (Fsp3) is 0.300. The molecule has 8 nitrogen and oxygen atoms in total. The van der Waals surface area contributed by atoms with Crippen molar-refractivity contribution in [2.24, 2.45) is 0 Å². The molecule has 0 bridgehead atoms. The van der Waals surface area contributed by atoms with Crippen LogP contribution in [-0.2, 0) is 0 Å². The van der Waals surface area contributed by atoms with E-state index >= 15 is 0 Å². The Bertz CT molecular complexity index is 1020. The van der Waals surface area contributed by atoms with Crippen molar-refractivity contribution in [3.05, 3.63) is 58.1 Å². The number of thiazole rings is 1. The van der Waals surface area contributed by atoms with Crippen molar-refractivity contribution in [2.75, 3.05) is 39.2 Å². The van der Waals surface area contributed by atoms with Crippen LogP contribution in [0.1, 0.15) is 16.8 Å². The number of ether oxygens (including phenoxy) is 1. The van der Waals surface area contributed by atoms with Crippen LogP contribution in [-0.4, -0.2) is 55.0 Å². The van der Waals surface area contributed by atoms with Crippen molar-refractivity contribution in [2.45, 2.75) is 6.42 Å². The Labute approximate surface area is 172 Å². The lowest BCUT2D eigenvalue weighted by atomic mass is 10.2. The SMILES string of the molecule is COc1ccc2sc(N(CCCN(C)C)C(=O)c3ccc([N+](=O)[O-])cc3)nc2c1. The van der Waals surface area contributed by atoms with Crippen molar-refractivity contribution in [1.29, 1.82) is 0 Å². The number of amides is 1. The van der Waals surface area contributed by atoms with Gasteiger partial charge >= 0.3 is 0 Å². The number of carbonyl (C=O) groups is 1. The number of hydrogen-bond donors (Lipinski definition) is 0.